The fourth-order valence-electron chi connectivity index (χ4n) is 2.88. The highest BCUT2D eigenvalue weighted by molar-refractivity contribution is 5.26. The third-order valence-corrected chi connectivity index (χ3v) is 3.96. The first kappa shape index (κ1) is 12.6. The van der Waals surface area contributed by atoms with Crippen molar-refractivity contribution >= 4 is 0 Å². The quantitative estimate of drug-likeness (QED) is 0.868. The summed E-state index contributed by atoms with van der Waals surface area (Å²) in [4.78, 5) is 0. The molecule has 1 unspecified atom stereocenters. The van der Waals surface area contributed by atoms with Crippen LogP contribution < -0.4 is 0 Å². The van der Waals surface area contributed by atoms with E-state index in [9.17, 15) is 5.11 Å². The molecule has 0 heterocycles. The van der Waals surface area contributed by atoms with E-state index in [1.165, 1.54) is 12.0 Å². The molecule has 1 fully saturated rings. The van der Waals surface area contributed by atoms with Crippen LogP contribution in [0.25, 0.3) is 0 Å². The third-order valence-electron chi connectivity index (χ3n) is 3.96. The number of benzene rings is 1. The number of rotatable bonds is 3. The molecule has 1 aliphatic carbocycles. The van der Waals surface area contributed by atoms with Crippen LogP contribution in [0.4, 0.5) is 0 Å². The van der Waals surface area contributed by atoms with Gasteiger partial charge in [0.25, 0.3) is 0 Å². The molecule has 1 aliphatic rings. The Morgan fingerprint density at radius 2 is 1.94 bits per heavy atom. The molecule has 1 saturated carbocycles. The first-order valence-corrected chi connectivity index (χ1v) is 6.48. The van der Waals surface area contributed by atoms with Crippen LogP contribution in [0.2, 0.25) is 0 Å². The number of aryl methyl sites for hydroxylation is 1. The van der Waals surface area contributed by atoms with Gasteiger partial charge in [0.2, 0.25) is 0 Å². The zero-order chi connectivity index (χ0) is 12.3. The lowest BCUT2D eigenvalue weighted by Crippen LogP contribution is -2.40. The molecule has 94 valence electrons. The van der Waals surface area contributed by atoms with Crippen molar-refractivity contribution in [1.29, 1.82) is 0 Å². The van der Waals surface area contributed by atoms with E-state index in [1.54, 1.807) is 7.11 Å². The van der Waals surface area contributed by atoms with Crippen LogP contribution >= 0.6 is 0 Å². The van der Waals surface area contributed by atoms with Gasteiger partial charge < -0.3 is 9.84 Å². The van der Waals surface area contributed by atoms with Crippen LogP contribution in [-0.2, 0) is 4.74 Å². The summed E-state index contributed by atoms with van der Waals surface area (Å²) < 4.78 is 5.68. The number of aliphatic hydroxyl groups excluding tert-OH is 1. The molecule has 2 heteroatoms. The molecule has 0 amide bonds. The van der Waals surface area contributed by atoms with Crippen LogP contribution in [0, 0.1) is 6.92 Å². The second-order valence-electron chi connectivity index (χ2n) is 5.15. The summed E-state index contributed by atoms with van der Waals surface area (Å²) in [6.07, 6.45) is 4.96. The van der Waals surface area contributed by atoms with E-state index in [0.717, 1.165) is 31.2 Å². The molecule has 0 aromatic heterocycles. The average molecular weight is 234 g/mol. The van der Waals surface area contributed by atoms with Crippen molar-refractivity contribution < 1.29 is 9.84 Å². The Labute approximate surface area is 104 Å². The lowest BCUT2D eigenvalue weighted by molar-refractivity contribution is -0.125. The summed E-state index contributed by atoms with van der Waals surface area (Å²) in [6.45, 7) is 2.05. The number of methoxy groups -OCH3 is 1. The van der Waals surface area contributed by atoms with Crippen LogP contribution in [0.15, 0.2) is 24.3 Å². The summed E-state index contributed by atoms with van der Waals surface area (Å²) in [5, 5.41) is 10.6. The van der Waals surface area contributed by atoms with Crippen LogP contribution in [-0.4, -0.2) is 17.8 Å². The highest BCUT2D eigenvalue weighted by Crippen LogP contribution is 2.41. The second kappa shape index (κ2) is 5.19. The lowest BCUT2D eigenvalue weighted by atomic mass is 9.78. The monoisotopic (exact) mass is 234 g/mol. The van der Waals surface area contributed by atoms with E-state index in [4.69, 9.17) is 4.74 Å². The Balaban J connectivity index is 2.24. The number of hydrogen-bond acceptors (Lipinski definition) is 2. The van der Waals surface area contributed by atoms with Crippen LogP contribution in [0.3, 0.4) is 0 Å². The summed E-state index contributed by atoms with van der Waals surface area (Å²) in [6, 6.07) is 8.10. The summed E-state index contributed by atoms with van der Waals surface area (Å²) in [5.41, 5.74) is 1.80. The van der Waals surface area contributed by atoms with E-state index in [1.807, 2.05) is 12.1 Å². The first-order valence-electron chi connectivity index (χ1n) is 6.48. The first-order chi connectivity index (χ1) is 8.18. The molecule has 0 spiro atoms. The van der Waals surface area contributed by atoms with E-state index < -0.39 is 6.10 Å². The molecule has 0 saturated heterocycles. The predicted molar refractivity (Wildman–Crippen MR) is 69.0 cm³/mol. The Bertz CT molecular complexity index is 367. The van der Waals surface area contributed by atoms with Crippen molar-refractivity contribution in [2.45, 2.75) is 50.7 Å². The maximum atomic E-state index is 10.6. The van der Waals surface area contributed by atoms with Gasteiger partial charge in [-0.15, -0.1) is 0 Å². The maximum absolute atomic E-state index is 10.6. The van der Waals surface area contributed by atoms with Gasteiger partial charge in [0.15, 0.2) is 0 Å². The lowest BCUT2D eigenvalue weighted by Gasteiger charge is -2.40. The minimum absolute atomic E-state index is 0.369. The van der Waals surface area contributed by atoms with Crippen molar-refractivity contribution in [2.75, 3.05) is 7.11 Å². The van der Waals surface area contributed by atoms with Crippen molar-refractivity contribution in [3.63, 3.8) is 0 Å². The molecule has 1 aromatic rings. The van der Waals surface area contributed by atoms with Gasteiger partial charge in [0, 0.05) is 7.11 Å². The fraction of sp³-hybridized carbons (Fsp3) is 0.600. The third kappa shape index (κ3) is 2.53. The molecule has 0 bridgehead atoms. The van der Waals surface area contributed by atoms with E-state index >= 15 is 0 Å². The highest BCUT2D eigenvalue weighted by atomic mass is 16.5. The summed E-state index contributed by atoms with van der Waals surface area (Å²) in [7, 11) is 1.73. The van der Waals surface area contributed by atoms with Crippen molar-refractivity contribution in [2.24, 2.45) is 0 Å². The minimum atomic E-state index is -0.507. The van der Waals surface area contributed by atoms with Crippen molar-refractivity contribution in [3.8, 4) is 0 Å². The van der Waals surface area contributed by atoms with Gasteiger partial charge in [0.1, 0.15) is 6.10 Å². The van der Waals surface area contributed by atoms with Crippen LogP contribution in [0.5, 0.6) is 0 Å². The molecule has 0 radical (unpaired) electrons. The fourth-order valence-corrected chi connectivity index (χ4v) is 2.88. The summed E-state index contributed by atoms with van der Waals surface area (Å²) >= 11 is 0. The topological polar surface area (TPSA) is 29.5 Å². The van der Waals surface area contributed by atoms with E-state index in [-0.39, 0.29) is 5.60 Å². The van der Waals surface area contributed by atoms with Crippen molar-refractivity contribution in [1.82, 2.24) is 0 Å². The van der Waals surface area contributed by atoms with Gasteiger partial charge in [0.05, 0.1) is 5.60 Å². The molecule has 1 atom stereocenters. The molecule has 2 rings (SSSR count). The van der Waals surface area contributed by atoms with Gasteiger partial charge >= 0.3 is 0 Å². The zero-order valence-electron chi connectivity index (χ0n) is 10.8. The van der Waals surface area contributed by atoms with Gasteiger partial charge in [-0.3, -0.25) is 0 Å². The molecule has 1 N–H and O–H groups in total. The second-order valence-corrected chi connectivity index (χ2v) is 5.15. The predicted octanol–water partition coefficient (Wildman–Crippen LogP) is 3.38. The average Bonchev–Trinajstić information content (AvgIpc) is 2.38. The Morgan fingerprint density at radius 3 is 2.53 bits per heavy atom. The SMILES string of the molecule is COC1(C(O)c2cccc(C)c2)CCCCC1. The number of ether oxygens (including phenoxy) is 1. The van der Waals surface area contributed by atoms with E-state index in [2.05, 4.69) is 19.1 Å². The molecule has 0 aliphatic heterocycles. The molecular formula is C15H22O2. The minimum Gasteiger partial charge on any atom is -0.385 e. The van der Waals surface area contributed by atoms with E-state index in [0.29, 0.717) is 0 Å². The van der Waals surface area contributed by atoms with Gasteiger partial charge in [-0.05, 0) is 25.3 Å². The van der Waals surface area contributed by atoms with Gasteiger partial charge in [-0.25, -0.2) is 0 Å². The smallest absolute Gasteiger partial charge is 0.108 e. The zero-order valence-corrected chi connectivity index (χ0v) is 10.8. The molecular weight excluding hydrogens is 212 g/mol. The summed E-state index contributed by atoms with van der Waals surface area (Å²) in [5.74, 6) is 0. The van der Waals surface area contributed by atoms with Gasteiger partial charge in [-0.2, -0.15) is 0 Å². The Kier molecular flexibility index (Phi) is 3.85. The standard InChI is InChI=1S/C15H22O2/c1-12-7-6-8-13(11-12)14(16)15(17-2)9-4-3-5-10-15/h6-8,11,14,16H,3-5,9-10H2,1-2H3. The maximum Gasteiger partial charge on any atom is 0.108 e. The highest BCUT2D eigenvalue weighted by Gasteiger charge is 2.39. The number of hydrogen-bond donors (Lipinski definition) is 1. The molecule has 17 heavy (non-hydrogen) atoms. The molecule has 2 nitrogen and oxygen atoms in total. The molecule has 1 aromatic carbocycles. The Morgan fingerprint density at radius 1 is 1.24 bits per heavy atom. The Hall–Kier alpha value is -0.860. The van der Waals surface area contributed by atoms with Crippen LogP contribution in [0.1, 0.15) is 49.3 Å². The van der Waals surface area contributed by atoms with Gasteiger partial charge in [-0.1, -0.05) is 49.1 Å². The largest absolute Gasteiger partial charge is 0.385 e. The normalized spacial score (nSPS) is 21.1. The number of aliphatic hydroxyl groups is 1. The van der Waals surface area contributed by atoms with Crippen molar-refractivity contribution in [3.05, 3.63) is 35.4 Å².